The number of likely N-dealkylation sites (tertiary alicyclic amines) is 1. The van der Waals surface area contributed by atoms with Gasteiger partial charge in [0.1, 0.15) is 5.69 Å². The van der Waals surface area contributed by atoms with E-state index in [1.54, 1.807) is 4.90 Å². The summed E-state index contributed by atoms with van der Waals surface area (Å²) in [6, 6.07) is 8.29. The number of rotatable bonds is 3. The maximum absolute atomic E-state index is 12.5. The van der Waals surface area contributed by atoms with Gasteiger partial charge in [0.2, 0.25) is 0 Å². The van der Waals surface area contributed by atoms with Crippen LogP contribution in [0, 0.1) is 6.92 Å². The van der Waals surface area contributed by atoms with Gasteiger partial charge >= 0.3 is 5.69 Å². The molecule has 1 amide bonds. The highest BCUT2D eigenvalue weighted by atomic mass is 16.2. The van der Waals surface area contributed by atoms with Gasteiger partial charge < -0.3 is 14.9 Å². The fourth-order valence-electron chi connectivity index (χ4n) is 3.69. The molecule has 26 heavy (non-hydrogen) atoms. The van der Waals surface area contributed by atoms with Crippen LogP contribution in [0.15, 0.2) is 41.5 Å². The van der Waals surface area contributed by atoms with Crippen LogP contribution >= 0.6 is 0 Å². The average molecular weight is 351 g/mol. The minimum atomic E-state index is -0.358. The highest BCUT2D eigenvalue weighted by molar-refractivity contribution is 5.92. The third kappa shape index (κ3) is 2.96. The highest BCUT2D eigenvalue weighted by Gasteiger charge is 2.28. The van der Waals surface area contributed by atoms with Gasteiger partial charge in [-0.2, -0.15) is 5.10 Å². The molecule has 0 aliphatic carbocycles. The van der Waals surface area contributed by atoms with Crippen LogP contribution in [-0.4, -0.2) is 44.1 Å². The number of H-pyrrole nitrogens is 3. The number of amides is 1. The second kappa shape index (κ2) is 6.67. The summed E-state index contributed by atoms with van der Waals surface area (Å²) in [5.74, 6) is 0.201. The van der Waals surface area contributed by atoms with E-state index in [0.717, 1.165) is 24.1 Å². The van der Waals surface area contributed by atoms with Gasteiger partial charge in [-0.1, -0.05) is 24.3 Å². The standard InChI is InChI=1S/C19H21N5O2/c1-12-4-2-3-5-14(12)15-10-21-23-17(15)13-6-8-24(9-7-13)18(25)16-11-20-19(26)22-16/h2-5,10-11,13H,6-9H2,1H3,(H,21,23)(H2,20,22,26). The van der Waals surface area contributed by atoms with Crippen molar-refractivity contribution < 1.29 is 4.79 Å². The van der Waals surface area contributed by atoms with Gasteiger partial charge in [0.15, 0.2) is 0 Å². The molecule has 134 valence electrons. The third-order valence-corrected chi connectivity index (χ3v) is 5.12. The first-order chi connectivity index (χ1) is 12.6. The Labute approximate surface area is 150 Å². The lowest BCUT2D eigenvalue weighted by molar-refractivity contribution is 0.0706. The summed E-state index contributed by atoms with van der Waals surface area (Å²) in [6.07, 6.45) is 5.05. The molecule has 1 aromatic carbocycles. The second-order valence-electron chi connectivity index (χ2n) is 6.74. The van der Waals surface area contributed by atoms with Gasteiger partial charge in [-0.25, -0.2) is 4.79 Å². The van der Waals surface area contributed by atoms with Crippen LogP contribution < -0.4 is 5.69 Å². The zero-order chi connectivity index (χ0) is 18.1. The maximum Gasteiger partial charge on any atom is 0.323 e. The third-order valence-electron chi connectivity index (χ3n) is 5.12. The molecular formula is C19H21N5O2. The number of carbonyl (C=O) groups is 1. The molecule has 7 heteroatoms. The fraction of sp³-hybridized carbons (Fsp3) is 0.316. The smallest absolute Gasteiger partial charge is 0.323 e. The second-order valence-corrected chi connectivity index (χ2v) is 6.74. The molecule has 4 rings (SSSR count). The molecular weight excluding hydrogens is 330 g/mol. The van der Waals surface area contributed by atoms with E-state index in [9.17, 15) is 9.59 Å². The summed E-state index contributed by atoms with van der Waals surface area (Å²) < 4.78 is 0. The summed E-state index contributed by atoms with van der Waals surface area (Å²) in [7, 11) is 0. The van der Waals surface area contributed by atoms with Gasteiger partial charge in [0, 0.05) is 36.5 Å². The number of hydrogen-bond acceptors (Lipinski definition) is 3. The predicted octanol–water partition coefficient (Wildman–Crippen LogP) is 2.42. The SMILES string of the molecule is Cc1ccccc1-c1cn[nH]c1C1CCN(C(=O)c2c[nH]c(=O)[nH]2)CC1. The number of hydrogen-bond donors (Lipinski definition) is 3. The molecule has 3 aromatic rings. The van der Waals surface area contributed by atoms with Crippen LogP contribution in [0.4, 0.5) is 0 Å². The quantitative estimate of drug-likeness (QED) is 0.676. The van der Waals surface area contributed by atoms with E-state index >= 15 is 0 Å². The average Bonchev–Trinajstić information content (AvgIpc) is 3.31. The molecule has 1 saturated heterocycles. The summed E-state index contributed by atoms with van der Waals surface area (Å²) in [6.45, 7) is 3.41. The maximum atomic E-state index is 12.5. The molecule has 2 aromatic heterocycles. The summed E-state index contributed by atoms with van der Waals surface area (Å²) >= 11 is 0. The van der Waals surface area contributed by atoms with Gasteiger partial charge in [0.25, 0.3) is 5.91 Å². The van der Waals surface area contributed by atoms with Crippen molar-refractivity contribution in [3.8, 4) is 11.1 Å². The van der Waals surface area contributed by atoms with Crippen LogP contribution in [0.3, 0.4) is 0 Å². The van der Waals surface area contributed by atoms with Gasteiger partial charge in [-0.05, 0) is 30.9 Å². The Morgan fingerprint density at radius 2 is 1.96 bits per heavy atom. The molecule has 1 aliphatic heterocycles. The molecule has 0 saturated carbocycles. The zero-order valence-corrected chi connectivity index (χ0v) is 14.6. The lowest BCUT2D eigenvalue weighted by Crippen LogP contribution is -2.38. The van der Waals surface area contributed by atoms with E-state index < -0.39 is 0 Å². The van der Waals surface area contributed by atoms with Crippen molar-refractivity contribution in [1.82, 2.24) is 25.1 Å². The number of aromatic nitrogens is 4. The number of imidazole rings is 1. The normalized spacial score (nSPS) is 15.3. The Morgan fingerprint density at radius 3 is 2.65 bits per heavy atom. The van der Waals surface area contributed by atoms with Crippen molar-refractivity contribution in [2.45, 2.75) is 25.7 Å². The first kappa shape index (κ1) is 16.4. The first-order valence-corrected chi connectivity index (χ1v) is 8.79. The Bertz CT molecular complexity index is 975. The number of nitrogens with one attached hydrogen (secondary N) is 3. The monoisotopic (exact) mass is 351 g/mol. The fourth-order valence-corrected chi connectivity index (χ4v) is 3.69. The van der Waals surface area contributed by atoms with Gasteiger partial charge in [-0.15, -0.1) is 0 Å². The van der Waals surface area contributed by atoms with Crippen LogP contribution in [0.1, 0.15) is 40.5 Å². The molecule has 7 nitrogen and oxygen atoms in total. The van der Waals surface area contributed by atoms with Crippen molar-refractivity contribution in [2.24, 2.45) is 0 Å². The number of piperidine rings is 1. The van der Waals surface area contributed by atoms with E-state index in [-0.39, 0.29) is 11.6 Å². The molecule has 0 bridgehead atoms. The van der Waals surface area contributed by atoms with Crippen molar-refractivity contribution in [3.05, 3.63) is 64.1 Å². The molecule has 0 unspecified atom stereocenters. The molecule has 0 atom stereocenters. The van der Waals surface area contributed by atoms with E-state index in [4.69, 9.17) is 0 Å². The minimum absolute atomic E-state index is 0.134. The largest absolute Gasteiger partial charge is 0.337 e. The van der Waals surface area contributed by atoms with Gasteiger partial charge in [-0.3, -0.25) is 9.89 Å². The van der Waals surface area contributed by atoms with Crippen LogP contribution in [-0.2, 0) is 0 Å². The van der Waals surface area contributed by atoms with Crippen molar-refractivity contribution in [3.63, 3.8) is 0 Å². The molecule has 3 N–H and O–H groups in total. The van der Waals surface area contributed by atoms with E-state index in [0.29, 0.717) is 24.7 Å². The first-order valence-electron chi connectivity index (χ1n) is 8.79. The Balaban J connectivity index is 1.49. The van der Waals surface area contributed by atoms with Crippen molar-refractivity contribution in [2.75, 3.05) is 13.1 Å². The highest BCUT2D eigenvalue weighted by Crippen LogP contribution is 2.35. The molecule has 0 radical (unpaired) electrons. The Morgan fingerprint density at radius 1 is 1.19 bits per heavy atom. The van der Waals surface area contributed by atoms with Crippen LogP contribution in [0.5, 0.6) is 0 Å². The molecule has 1 aliphatic rings. The van der Waals surface area contributed by atoms with Gasteiger partial charge in [0.05, 0.1) is 6.20 Å². The predicted molar refractivity (Wildman–Crippen MR) is 98.1 cm³/mol. The number of nitrogens with zero attached hydrogens (tertiary/aromatic N) is 2. The topological polar surface area (TPSA) is 97.6 Å². The number of aryl methyl sites for hydroxylation is 1. The van der Waals surface area contributed by atoms with Crippen LogP contribution in [0.2, 0.25) is 0 Å². The number of carbonyl (C=O) groups excluding carboxylic acids is 1. The lowest BCUT2D eigenvalue weighted by Gasteiger charge is -2.31. The minimum Gasteiger partial charge on any atom is -0.337 e. The van der Waals surface area contributed by atoms with E-state index in [2.05, 4.69) is 39.2 Å². The van der Waals surface area contributed by atoms with E-state index in [1.807, 2.05) is 18.3 Å². The Hall–Kier alpha value is -3.09. The van der Waals surface area contributed by atoms with Crippen molar-refractivity contribution >= 4 is 5.91 Å². The zero-order valence-electron chi connectivity index (χ0n) is 14.6. The molecule has 3 heterocycles. The number of aromatic amines is 3. The summed E-state index contributed by atoms with van der Waals surface area (Å²) in [5.41, 5.74) is 4.65. The van der Waals surface area contributed by atoms with Crippen LogP contribution in [0.25, 0.3) is 11.1 Å². The molecule has 1 fully saturated rings. The Kier molecular flexibility index (Phi) is 4.20. The van der Waals surface area contributed by atoms with E-state index in [1.165, 1.54) is 17.3 Å². The van der Waals surface area contributed by atoms with Crippen molar-refractivity contribution in [1.29, 1.82) is 0 Å². The summed E-state index contributed by atoms with van der Waals surface area (Å²) in [4.78, 5) is 30.4. The number of benzene rings is 1. The molecule has 0 spiro atoms. The lowest BCUT2D eigenvalue weighted by atomic mass is 9.88. The summed E-state index contributed by atoms with van der Waals surface area (Å²) in [5, 5.41) is 7.44.